The normalized spacial score (nSPS) is 19.0. The van der Waals surface area contributed by atoms with E-state index in [9.17, 15) is 4.79 Å². The zero-order chi connectivity index (χ0) is 22.4. The highest BCUT2D eigenvalue weighted by Gasteiger charge is 2.39. The molecule has 3 aromatic rings. The van der Waals surface area contributed by atoms with Gasteiger partial charge in [0, 0.05) is 36.3 Å². The Bertz CT molecular complexity index is 1160. The van der Waals surface area contributed by atoms with Crippen molar-refractivity contribution >= 4 is 51.6 Å². The van der Waals surface area contributed by atoms with Crippen molar-refractivity contribution in [2.45, 2.75) is 37.8 Å². The molecule has 1 saturated carbocycles. The number of amides is 1. The van der Waals surface area contributed by atoms with Gasteiger partial charge in [-0.15, -0.1) is 0 Å². The second-order valence-electron chi connectivity index (χ2n) is 8.87. The van der Waals surface area contributed by atoms with Crippen LogP contribution in [0.4, 0.5) is 6.01 Å². The summed E-state index contributed by atoms with van der Waals surface area (Å²) in [5.41, 5.74) is 3.45. The van der Waals surface area contributed by atoms with Crippen LogP contribution in [0.5, 0.6) is 0 Å². The van der Waals surface area contributed by atoms with Crippen molar-refractivity contribution in [1.82, 2.24) is 13.0 Å². The number of hydrogen-bond donors (Lipinski definition) is 0. The van der Waals surface area contributed by atoms with Gasteiger partial charge in [0.25, 0.3) is 11.9 Å². The lowest BCUT2D eigenvalue weighted by Crippen LogP contribution is -2.48. The van der Waals surface area contributed by atoms with Crippen LogP contribution < -0.4 is 4.90 Å². The second kappa shape index (κ2) is 8.55. The quantitative estimate of drug-likeness (QED) is 0.324. The van der Waals surface area contributed by atoms with E-state index in [1.165, 1.54) is 0 Å². The fourth-order valence-corrected chi connectivity index (χ4v) is 5.12. The van der Waals surface area contributed by atoms with E-state index in [0.29, 0.717) is 18.8 Å². The predicted molar refractivity (Wildman–Crippen MR) is 135 cm³/mol. The van der Waals surface area contributed by atoms with E-state index in [2.05, 4.69) is 37.6 Å². The van der Waals surface area contributed by atoms with Gasteiger partial charge in [0.2, 0.25) is 0 Å². The summed E-state index contributed by atoms with van der Waals surface area (Å²) in [6.07, 6.45) is 6.01. The van der Waals surface area contributed by atoms with Crippen molar-refractivity contribution in [3.8, 4) is 0 Å². The van der Waals surface area contributed by atoms with E-state index in [1.54, 1.807) is 0 Å². The molecule has 8 heteroatoms. The molecule has 1 aromatic heterocycles. The van der Waals surface area contributed by atoms with Crippen molar-refractivity contribution in [1.29, 1.82) is 0 Å². The Balaban J connectivity index is 1.14. The third-order valence-electron chi connectivity index (χ3n) is 6.60. The second-order valence-corrected chi connectivity index (χ2v) is 10.1. The van der Waals surface area contributed by atoms with Crippen LogP contribution >= 0.6 is 22.9 Å². The molecule has 1 amide bonds. The third-order valence-corrected chi connectivity index (χ3v) is 7.16. The lowest BCUT2D eigenvalue weighted by atomic mass is 10.0. The summed E-state index contributed by atoms with van der Waals surface area (Å²) in [6, 6.07) is 17.0. The Morgan fingerprint density at radius 3 is 2.39 bits per heavy atom. The fourth-order valence-electron chi connectivity index (χ4n) is 4.73. The summed E-state index contributed by atoms with van der Waals surface area (Å²) >= 11 is 2.20. The minimum atomic E-state index is 0.140. The highest BCUT2D eigenvalue weighted by molar-refractivity contribution is 14.1. The predicted octanol–water partition coefficient (Wildman–Crippen LogP) is 5.04. The van der Waals surface area contributed by atoms with Crippen molar-refractivity contribution in [3.05, 3.63) is 65.9 Å². The molecule has 3 heterocycles. The minimum Gasteiger partial charge on any atom is -0.470 e. The van der Waals surface area contributed by atoms with Gasteiger partial charge in [-0.25, -0.2) is 0 Å². The van der Waals surface area contributed by atoms with Crippen molar-refractivity contribution in [2.75, 3.05) is 24.7 Å². The summed E-state index contributed by atoms with van der Waals surface area (Å²) in [5.74, 6) is 0.982. The SMILES string of the molecule is O=C(c1ccc(C2=CN(I)CO2)cc1)N(C1CC1)C1CCN(c2nc3ccccc3o2)CC1. The maximum Gasteiger partial charge on any atom is 0.298 e. The molecule has 0 N–H and O–H groups in total. The fraction of sp³-hybridized carbons (Fsp3) is 0.360. The molecule has 0 bridgehead atoms. The summed E-state index contributed by atoms with van der Waals surface area (Å²) in [6.45, 7) is 2.23. The Labute approximate surface area is 206 Å². The monoisotopic (exact) mass is 556 g/mol. The van der Waals surface area contributed by atoms with Crippen molar-refractivity contribution < 1.29 is 13.9 Å². The van der Waals surface area contributed by atoms with Gasteiger partial charge in [-0.05, 0) is 49.9 Å². The third kappa shape index (κ3) is 4.16. The molecular weight excluding hydrogens is 531 g/mol. The molecule has 170 valence electrons. The van der Waals surface area contributed by atoms with E-state index >= 15 is 0 Å². The van der Waals surface area contributed by atoms with Crippen LogP contribution in [0.2, 0.25) is 0 Å². The summed E-state index contributed by atoms with van der Waals surface area (Å²) < 4.78 is 13.6. The molecule has 0 spiro atoms. The highest BCUT2D eigenvalue weighted by Crippen LogP contribution is 2.35. The maximum atomic E-state index is 13.5. The van der Waals surface area contributed by atoms with Gasteiger partial charge >= 0.3 is 0 Å². The number of nitrogens with zero attached hydrogens (tertiary/aromatic N) is 4. The first-order valence-corrected chi connectivity index (χ1v) is 12.4. The maximum absolute atomic E-state index is 13.5. The Morgan fingerprint density at radius 2 is 1.73 bits per heavy atom. The van der Waals surface area contributed by atoms with Gasteiger partial charge in [0.15, 0.2) is 12.3 Å². The number of para-hydroxylation sites is 2. The van der Waals surface area contributed by atoms with Gasteiger partial charge in [-0.3, -0.25) is 7.91 Å². The van der Waals surface area contributed by atoms with E-state index in [-0.39, 0.29) is 11.9 Å². The first kappa shape index (κ1) is 20.8. The number of anilines is 1. The summed E-state index contributed by atoms with van der Waals surface area (Å²) in [7, 11) is 0. The number of ether oxygens (including phenoxy) is 1. The van der Waals surface area contributed by atoms with Crippen LogP contribution in [0.15, 0.2) is 59.1 Å². The van der Waals surface area contributed by atoms with Crippen LogP contribution in [-0.2, 0) is 4.74 Å². The van der Waals surface area contributed by atoms with Crippen molar-refractivity contribution in [3.63, 3.8) is 0 Å². The number of oxazole rings is 1. The van der Waals surface area contributed by atoms with Crippen LogP contribution in [0, 0.1) is 0 Å². The standard InChI is InChI=1S/C25H25IN4O3/c26-29-15-23(32-16-29)17-5-7-18(8-6-17)24(31)30(19-9-10-19)20-11-13-28(14-12-20)25-27-21-3-1-2-4-22(21)33-25/h1-8,15,19-20H,9-14,16H2. The molecule has 2 fully saturated rings. The summed E-state index contributed by atoms with van der Waals surface area (Å²) in [5, 5.41) is 0. The molecule has 7 nitrogen and oxygen atoms in total. The first-order valence-electron chi connectivity index (χ1n) is 11.5. The Hall–Kier alpha value is -2.75. The van der Waals surface area contributed by atoms with E-state index < -0.39 is 0 Å². The highest BCUT2D eigenvalue weighted by atomic mass is 127. The number of halogens is 1. The zero-order valence-corrected chi connectivity index (χ0v) is 20.3. The lowest BCUT2D eigenvalue weighted by Gasteiger charge is -2.38. The number of piperidine rings is 1. The average molecular weight is 556 g/mol. The van der Waals surface area contributed by atoms with Gasteiger partial charge < -0.3 is 19.0 Å². The number of carbonyl (C=O) groups excluding carboxylic acids is 1. The number of benzene rings is 2. The van der Waals surface area contributed by atoms with Crippen molar-refractivity contribution in [2.24, 2.45) is 0 Å². The molecule has 2 aromatic carbocycles. The summed E-state index contributed by atoms with van der Waals surface area (Å²) in [4.78, 5) is 22.5. The molecule has 0 unspecified atom stereocenters. The minimum absolute atomic E-state index is 0.140. The van der Waals surface area contributed by atoms with Crippen LogP contribution in [0.1, 0.15) is 41.6 Å². The van der Waals surface area contributed by atoms with Crippen LogP contribution in [0.25, 0.3) is 16.9 Å². The molecule has 0 atom stereocenters. The van der Waals surface area contributed by atoms with Crippen LogP contribution in [-0.4, -0.2) is 50.8 Å². The van der Waals surface area contributed by atoms with Crippen LogP contribution in [0.3, 0.4) is 0 Å². The lowest BCUT2D eigenvalue weighted by molar-refractivity contribution is 0.0629. The molecular formula is C25H25IN4O3. The van der Waals surface area contributed by atoms with E-state index in [1.807, 2.05) is 57.8 Å². The number of fused-ring (bicyclic) bond motifs is 1. The molecule has 2 aliphatic heterocycles. The Morgan fingerprint density at radius 1 is 1.00 bits per heavy atom. The molecule has 6 rings (SSSR count). The molecule has 1 saturated heterocycles. The number of rotatable bonds is 5. The zero-order valence-electron chi connectivity index (χ0n) is 18.2. The Kier molecular flexibility index (Phi) is 5.40. The largest absolute Gasteiger partial charge is 0.470 e. The van der Waals surface area contributed by atoms with Gasteiger partial charge in [-0.1, -0.05) is 24.3 Å². The number of hydrogen-bond acceptors (Lipinski definition) is 6. The smallest absolute Gasteiger partial charge is 0.298 e. The molecule has 33 heavy (non-hydrogen) atoms. The van der Waals surface area contributed by atoms with Gasteiger partial charge in [-0.2, -0.15) is 4.98 Å². The van der Waals surface area contributed by atoms with Gasteiger partial charge in [0.05, 0.1) is 29.1 Å². The topological polar surface area (TPSA) is 62.1 Å². The first-order chi connectivity index (χ1) is 16.2. The van der Waals surface area contributed by atoms with E-state index in [4.69, 9.17) is 9.15 Å². The average Bonchev–Trinajstić information content (AvgIpc) is 3.42. The molecule has 1 aliphatic carbocycles. The van der Waals surface area contributed by atoms with Gasteiger partial charge in [0.1, 0.15) is 11.3 Å². The number of aromatic nitrogens is 1. The van der Waals surface area contributed by atoms with E-state index in [0.717, 1.165) is 66.8 Å². The molecule has 0 radical (unpaired) electrons. The number of carbonyl (C=O) groups is 1. The molecule has 3 aliphatic rings.